The number of methoxy groups -OCH3 is 1. The molecule has 132 valence electrons. The molecule has 1 atom stereocenters. The van der Waals surface area contributed by atoms with Gasteiger partial charge in [0.15, 0.2) is 15.6 Å². The van der Waals surface area contributed by atoms with Gasteiger partial charge in [0.05, 0.1) is 18.6 Å². The molecule has 1 heterocycles. The first-order valence-corrected chi connectivity index (χ1v) is 9.85. The number of hydrogen-bond donors (Lipinski definition) is 0. The zero-order valence-corrected chi connectivity index (χ0v) is 14.8. The number of hydrogen-bond acceptors (Lipinski definition) is 5. The van der Waals surface area contributed by atoms with Crippen LogP contribution in [0.2, 0.25) is 0 Å². The SMILES string of the molecule is CCN(C(=O)CCC(=O)c1ccc(OC)cc1)C1CCS(=O)(=O)C1. The molecular formula is C17H23NO5S. The molecule has 1 aliphatic rings. The molecule has 7 heteroatoms. The van der Waals surface area contributed by atoms with Crippen molar-refractivity contribution in [2.45, 2.75) is 32.2 Å². The molecule has 1 unspecified atom stereocenters. The molecule has 1 fully saturated rings. The Balaban J connectivity index is 1.92. The van der Waals surface area contributed by atoms with Gasteiger partial charge in [-0.25, -0.2) is 8.42 Å². The molecule has 0 bridgehead atoms. The van der Waals surface area contributed by atoms with Crippen LogP contribution >= 0.6 is 0 Å². The first kappa shape index (κ1) is 18.4. The second-order valence-corrected chi connectivity index (χ2v) is 8.12. The fourth-order valence-corrected chi connectivity index (χ4v) is 4.68. The van der Waals surface area contributed by atoms with E-state index in [1.165, 1.54) is 0 Å². The van der Waals surface area contributed by atoms with E-state index in [9.17, 15) is 18.0 Å². The lowest BCUT2D eigenvalue weighted by molar-refractivity contribution is -0.132. The number of Topliss-reactive ketones (excluding diaryl/α,β-unsaturated/α-hetero) is 1. The molecule has 0 N–H and O–H groups in total. The zero-order chi connectivity index (χ0) is 17.7. The van der Waals surface area contributed by atoms with Crippen molar-refractivity contribution < 1.29 is 22.7 Å². The number of rotatable bonds is 7. The zero-order valence-electron chi connectivity index (χ0n) is 14.0. The lowest BCUT2D eigenvalue weighted by atomic mass is 10.1. The maximum Gasteiger partial charge on any atom is 0.223 e. The van der Waals surface area contributed by atoms with Crippen LogP contribution in [0.5, 0.6) is 5.75 Å². The van der Waals surface area contributed by atoms with Gasteiger partial charge < -0.3 is 9.64 Å². The highest BCUT2D eigenvalue weighted by atomic mass is 32.2. The van der Waals surface area contributed by atoms with Gasteiger partial charge in [0.1, 0.15) is 5.75 Å². The standard InChI is InChI=1S/C17H23NO5S/c1-3-18(14-10-11-24(21,22)12-14)17(20)9-8-16(19)13-4-6-15(23-2)7-5-13/h4-7,14H,3,8-12H2,1-2H3. The van der Waals surface area contributed by atoms with E-state index in [-0.39, 0.29) is 42.1 Å². The van der Waals surface area contributed by atoms with Crippen LogP contribution in [0.1, 0.15) is 36.5 Å². The summed E-state index contributed by atoms with van der Waals surface area (Å²) in [4.78, 5) is 26.1. The molecule has 1 aliphatic heterocycles. The summed E-state index contributed by atoms with van der Waals surface area (Å²) in [5.41, 5.74) is 0.537. The van der Waals surface area contributed by atoms with Crippen molar-refractivity contribution in [1.29, 1.82) is 0 Å². The van der Waals surface area contributed by atoms with Gasteiger partial charge in [-0.15, -0.1) is 0 Å². The molecule has 1 amide bonds. The summed E-state index contributed by atoms with van der Waals surface area (Å²) in [5, 5.41) is 0. The van der Waals surface area contributed by atoms with E-state index < -0.39 is 9.84 Å². The van der Waals surface area contributed by atoms with E-state index in [1.54, 1.807) is 36.3 Å². The largest absolute Gasteiger partial charge is 0.497 e. The fraction of sp³-hybridized carbons (Fsp3) is 0.529. The highest BCUT2D eigenvalue weighted by molar-refractivity contribution is 7.91. The summed E-state index contributed by atoms with van der Waals surface area (Å²) >= 11 is 0. The number of ketones is 1. The molecule has 0 radical (unpaired) electrons. The van der Waals surface area contributed by atoms with Crippen LogP contribution in [-0.4, -0.2) is 56.2 Å². The van der Waals surface area contributed by atoms with Crippen molar-refractivity contribution in [2.24, 2.45) is 0 Å². The van der Waals surface area contributed by atoms with Gasteiger partial charge in [-0.1, -0.05) is 0 Å². The second-order valence-electron chi connectivity index (χ2n) is 5.89. The van der Waals surface area contributed by atoms with Crippen molar-refractivity contribution in [3.8, 4) is 5.75 Å². The lowest BCUT2D eigenvalue weighted by Crippen LogP contribution is -2.41. The number of benzene rings is 1. The first-order chi connectivity index (χ1) is 11.4. The van der Waals surface area contributed by atoms with Crippen molar-refractivity contribution in [3.63, 3.8) is 0 Å². The van der Waals surface area contributed by atoms with Crippen molar-refractivity contribution in [3.05, 3.63) is 29.8 Å². The van der Waals surface area contributed by atoms with Gasteiger partial charge in [-0.3, -0.25) is 9.59 Å². The molecule has 1 aromatic rings. The van der Waals surface area contributed by atoms with E-state index >= 15 is 0 Å². The molecule has 0 aliphatic carbocycles. The van der Waals surface area contributed by atoms with Gasteiger partial charge in [0, 0.05) is 31.0 Å². The average Bonchev–Trinajstić information content (AvgIpc) is 2.93. The minimum atomic E-state index is -3.04. The Bertz CT molecular complexity index is 696. The van der Waals surface area contributed by atoms with Gasteiger partial charge >= 0.3 is 0 Å². The Morgan fingerprint density at radius 2 is 1.88 bits per heavy atom. The van der Waals surface area contributed by atoms with Gasteiger partial charge in [-0.2, -0.15) is 0 Å². The van der Waals surface area contributed by atoms with E-state index in [2.05, 4.69) is 0 Å². The van der Waals surface area contributed by atoms with Crippen LogP contribution in [0.3, 0.4) is 0 Å². The smallest absolute Gasteiger partial charge is 0.223 e. The Hall–Kier alpha value is -1.89. The predicted molar refractivity (Wildman–Crippen MR) is 91.0 cm³/mol. The Kier molecular flexibility index (Phi) is 5.99. The van der Waals surface area contributed by atoms with E-state index in [0.29, 0.717) is 24.3 Å². The summed E-state index contributed by atoms with van der Waals surface area (Å²) < 4.78 is 28.2. The van der Waals surface area contributed by atoms with Crippen molar-refractivity contribution in [1.82, 2.24) is 4.90 Å². The fourth-order valence-electron chi connectivity index (χ4n) is 2.94. The molecule has 0 aromatic heterocycles. The maximum absolute atomic E-state index is 12.4. The lowest BCUT2D eigenvalue weighted by Gasteiger charge is -2.26. The maximum atomic E-state index is 12.4. The summed E-state index contributed by atoms with van der Waals surface area (Å²) in [7, 11) is -1.48. The van der Waals surface area contributed by atoms with E-state index in [1.807, 2.05) is 6.92 Å². The summed E-state index contributed by atoms with van der Waals surface area (Å²) in [6, 6.07) is 6.50. The average molecular weight is 353 g/mol. The van der Waals surface area contributed by atoms with E-state index in [4.69, 9.17) is 4.74 Å². The monoisotopic (exact) mass is 353 g/mol. The van der Waals surface area contributed by atoms with Crippen LogP contribution < -0.4 is 4.74 Å². The Labute approximate surface area is 142 Å². The van der Waals surface area contributed by atoms with E-state index in [0.717, 1.165) is 0 Å². The summed E-state index contributed by atoms with van der Waals surface area (Å²) in [6.07, 6.45) is 0.685. The molecule has 0 saturated carbocycles. The summed E-state index contributed by atoms with van der Waals surface area (Å²) in [6.45, 7) is 2.28. The highest BCUT2D eigenvalue weighted by Crippen LogP contribution is 2.19. The van der Waals surface area contributed by atoms with Crippen LogP contribution in [0.15, 0.2) is 24.3 Å². The highest BCUT2D eigenvalue weighted by Gasteiger charge is 2.33. The number of amides is 1. The molecule has 1 saturated heterocycles. The van der Waals surface area contributed by atoms with Gasteiger partial charge in [0.2, 0.25) is 5.91 Å². The number of carbonyl (C=O) groups is 2. The minimum absolute atomic E-state index is 0.0268. The van der Waals surface area contributed by atoms with Crippen LogP contribution in [0, 0.1) is 0 Å². The molecule has 6 nitrogen and oxygen atoms in total. The molecule has 2 rings (SSSR count). The summed E-state index contributed by atoms with van der Waals surface area (Å²) in [5.74, 6) is 0.551. The van der Waals surface area contributed by atoms with Crippen molar-refractivity contribution >= 4 is 21.5 Å². The predicted octanol–water partition coefficient (Wildman–Crippen LogP) is 1.69. The Morgan fingerprint density at radius 1 is 1.21 bits per heavy atom. The molecule has 24 heavy (non-hydrogen) atoms. The van der Waals surface area contributed by atoms with Gasteiger partial charge in [-0.05, 0) is 37.6 Å². The Morgan fingerprint density at radius 3 is 2.38 bits per heavy atom. The third-order valence-corrected chi connectivity index (χ3v) is 6.04. The van der Waals surface area contributed by atoms with Crippen LogP contribution in [-0.2, 0) is 14.6 Å². The van der Waals surface area contributed by atoms with Crippen molar-refractivity contribution in [2.75, 3.05) is 25.2 Å². The van der Waals surface area contributed by atoms with Crippen LogP contribution in [0.25, 0.3) is 0 Å². The molecule has 1 aromatic carbocycles. The third-order valence-electron chi connectivity index (χ3n) is 4.29. The number of nitrogens with zero attached hydrogens (tertiary/aromatic N) is 1. The second kappa shape index (κ2) is 7.79. The number of ether oxygens (including phenoxy) is 1. The quantitative estimate of drug-likeness (QED) is 0.697. The molecular weight excluding hydrogens is 330 g/mol. The minimum Gasteiger partial charge on any atom is -0.497 e. The number of sulfone groups is 1. The third kappa shape index (κ3) is 4.56. The topological polar surface area (TPSA) is 80.8 Å². The molecule has 0 spiro atoms. The number of carbonyl (C=O) groups excluding carboxylic acids is 2. The normalized spacial score (nSPS) is 19.0. The van der Waals surface area contributed by atoms with Crippen LogP contribution in [0.4, 0.5) is 0 Å². The van der Waals surface area contributed by atoms with Gasteiger partial charge in [0.25, 0.3) is 0 Å². The first-order valence-electron chi connectivity index (χ1n) is 8.03.